The van der Waals surface area contributed by atoms with Crippen molar-refractivity contribution in [3.05, 3.63) is 29.8 Å². The number of likely N-dealkylation sites (N-methyl/N-ethyl adjacent to an activating group) is 1. The molecule has 0 saturated carbocycles. The zero-order valence-corrected chi connectivity index (χ0v) is 14.5. The van der Waals surface area contributed by atoms with Crippen molar-refractivity contribution >= 4 is 0 Å². The van der Waals surface area contributed by atoms with Gasteiger partial charge in [-0.1, -0.05) is 32.9 Å². The summed E-state index contributed by atoms with van der Waals surface area (Å²) in [5.74, 6) is 0.899. The maximum absolute atomic E-state index is 6.64. The van der Waals surface area contributed by atoms with E-state index in [1.807, 2.05) is 26.0 Å². The van der Waals surface area contributed by atoms with Crippen molar-refractivity contribution in [2.75, 3.05) is 13.1 Å². The van der Waals surface area contributed by atoms with E-state index >= 15 is 0 Å². The molecule has 0 saturated heterocycles. The maximum Gasteiger partial charge on any atom is 0.120 e. The van der Waals surface area contributed by atoms with Crippen molar-refractivity contribution in [1.82, 2.24) is 4.90 Å². The van der Waals surface area contributed by atoms with Crippen LogP contribution in [-0.4, -0.2) is 29.6 Å². The summed E-state index contributed by atoms with van der Waals surface area (Å²) < 4.78 is 5.80. The second-order valence-corrected chi connectivity index (χ2v) is 6.10. The molecule has 1 aromatic rings. The van der Waals surface area contributed by atoms with E-state index in [9.17, 15) is 0 Å². The average Bonchev–Trinajstić information content (AvgIpc) is 2.47. The van der Waals surface area contributed by atoms with Crippen LogP contribution < -0.4 is 10.5 Å². The van der Waals surface area contributed by atoms with E-state index in [4.69, 9.17) is 10.5 Å². The standard InChI is InChI=1S/C18H32N2O/c1-7-18(6,20(8-2)9-3)17(19)15-11-10-12-16(13-15)21-14(4)5/h10-14,17H,7-9,19H2,1-6H3. The minimum absolute atomic E-state index is 0.0295. The summed E-state index contributed by atoms with van der Waals surface area (Å²) in [5.41, 5.74) is 7.74. The zero-order chi connectivity index (χ0) is 16.0. The first-order chi connectivity index (χ1) is 9.88. The Labute approximate surface area is 130 Å². The van der Waals surface area contributed by atoms with Gasteiger partial charge in [-0.25, -0.2) is 0 Å². The van der Waals surface area contributed by atoms with Crippen LogP contribution in [0.5, 0.6) is 5.75 Å². The van der Waals surface area contributed by atoms with Crippen molar-refractivity contribution in [1.29, 1.82) is 0 Å². The molecule has 0 aliphatic carbocycles. The lowest BCUT2D eigenvalue weighted by molar-refractivity contribution is 0.0843. The predicted octanol–water partition coefficient (Wildman–Crippen LogP) is 3.98. The first-order valence-corrected chi connectivity index (χ1v) is 8.16. The topological polar surface area (TPSA) is 38.5 Å². The van der Waals surface area contributed by atoms with Crippen LogP contribution in [0.1, 0.15) is 59.6 Å². The molecule has 0 amide bonds. The highest BCUT2D eigenvalue weighted by atomic mass is 16.5. The molecule has 3 heteroatoms. The SMILES string of the molecule is CCN(CC)C(C)(CC)C(N)c1cccc(OC(C)C)c1. The van der Waals surface area contributed by atoms with Gasteiger partial charge in [-0.05, 0) is 58.0 Å². The fraction of sp³-hybridized carbons (Fsp3) is 0.667. The number of rotatable bonds is 8. The molecule has 2 atom stereocenters. The van der Waals surface area contributed by atoms with E-state index in [0.717, 1.165) is 30.8 Å². The Balaban J connectivity index is 3.07. The third kappa shape index (κ3) is 4.21. The van der Waals surface area contributed by atoms with Gasteiger partial charge in [-0.2, -0.15) is 0 Å². The molecule has 0 bridgehead atoms. The lowest BCUT2D eigenvalue weighted by atomic mass is 9.83. The first kappa shape index (κ1) is 18.0. The fourth-order valence-electron chi connectivity index (χ4n) is 3.00. The van der Waals surface area contributed by atoms with Gasteiger partial charge in [-0.3, -0.25) is 4.90 Å². The molecule has 2 unspecified atom stereocenters. The highest BCUT2D eigenvalue weighted by Gasteiger charge is 2.35. The van der Waals surface area contributed by atoms with E-state index in [0.29, 0.717) is 0 Å². The third-order valence-electron chi connectivity index (χ3n) is 4.46. The first-order valence-electron chi connectivity index (χ1n) is 8.16. The van der Waals surface area contributed by atoms with Crippen LogP contribution in [0.4, 0.5) is 0 Å². The highest BCUT2D eigenvalue weighted by Crippen LogP contribution is 2.33. The average molecular weight is 292 g/mol. The molecule has 21 heavy (non-hydrogen) atoms. The predicted molar refractivity (Wildman–Crippen MR) is 90.8 cm³/mol. The van der Waals surface area contributed by atoms with Crippen molar-refractivity contribution in [3.8, 4) is 5.75 Å². The summed E-state index contributed by atoms with van der Waals surface area (Å²) in [6.45, 7) is 15.0. The molecule has 1 aromatic carbocycles. The number of benzene rings is 1. The van der Waals surface area contributed by atoms with Crippen LogP contribution in [0.3, 0.4) is 0 Å². The van der Waals surface area contributed by atoms with Crippen LogP contribution in [0.25, 0.3) is 0 Å². The molecule has 0 spiro atoms. The van der Waals surface area contributed by atoms with E-state index in [2.05, 4.69) is 44.7 Å². The Hall–Kier alpha value is -1.06. The summed E-state index contributed by atoms with van der Waals surface area (Å²) >= 11 is 0. The van der Waals surface area contributed by atoms with E-state index in [-0.39, 0.29) is 17.7 Å². The zero-order valence-electron chi connectivity index (χ0n) is 14.5. The van der Waals surface area contributed by atoms with Gasteiger partial charge in [0, 0.05) is 11.6 Å². The molecule has 0 aliphatic rings. The minimum atomic E-state index is -0.0417. The number of hydrogen-bond acceptors (Lipinski definition) is 3. The van der Waals surface area contributed by atoms with E-state index < -0.39 is 0 Å². The molecule has 120 valence electrons. The van der Waals surface area contributed by atoms with Crippen molar-refractivity contribution in [3.63, 3.8) is 0 Å². The summed E-state index contributed by atoms with van der Waals surface area (Å²) in [7, 11) is 0. The van der Waals surface area contributed by atoms with Gasteiger partial charge in [0.15, 0.2) is 0 Å². The Bertz CT molecular complexity index is 429. The molecular weight excluding hydrogens is 260 g/mol. The van der Waals surface area contributed by atoms with Gasteiger partial charge in [0.25, 0.3) is 0 Å². The van der Waals surface area contributed by atoms with Crippen molar-refractivity contribution < 1.29 is 4.74 Å². The molecule has 0 heterocycles. The van der Waals surface area contributed by atoms with Crippen molar-refractivity contribution in [2.45, 2.75) is 65.6 Å². The molecule has 0 radical (unpaired) electrons. The summed E-state index contributed by atoms with van der Waals surface area (Å²) in [4.78, 5) is 2.45. The number of ether oxygens (including phenoxy) is 1. The molecule has 3 nitrogen and oxygen atoms in total. The van der Waals surface area contributed by atoms with Gasteiger partial charge in [0.2, 0.25) is 0 Å². The van der Waals surface area contributed by atoms with Crippen LogP contribution >= 0.6 is 0 Å². The summed E-state index contributed by atoms with van der Waals surface area (Å²) in [5, 5.41) is 0. The number of nitrogens with zero attached hydrogens (tertiary/aromatic N) is 1. The van der Waals surface area contributed by atoms with Gasteiger partial charge >= 0.3 is 0 Å². The number of hydrogen-bond donors (Lipinski definition) is 1. The van der Waals surface area contributed by atoms with Gasteiger partial charge in [0.1, 0.15) is 5.75 Å². The molecule has 0 fully saturated rings. The monoisotopic (exact) mass is 292 g/mol. The Morgan fingerprint density at radius 3 is 2.29 bits per heavy atom. The molecule has 1 rings (SSSR count). The lowest BCUT2D eigenvalue weighted by Gasteiger charge is -2.44. The third-order valence-corrected chi connectivity index (χ3v) is 4.46. The maximum atomic E-state index is 6.64. The van der Waals surface area contributed by atoms with Gasteiger partial charge < -0.3 is 10.5 Å². The Kier molecular flexibility index (Phi) is 6.69. The van der Waals surface area contributed by atoms with Gasteiger partial charge in [0.05, 0.1) is 6.10 Å². The summed E-state index contributed by atoms with van der Waals surface area (Å²) in [6.07, 6.45) is 1.20. The minimum Gasteiger partial charge on any atom is -0.491 e. The second kappa shape index (κ2) is 7.81. The van der Waals surface area contributed by atoms with Crippen molar-refractivity contribution in [2.24, 2.45) is 5.73 Å². The molecular formula is C18H32N2O. The van der Waals surface area contributed by atoms with Crippen LogP contribution in [0, 0.1) is 0 Å². The number of nitrogens with two attached hydrogens (primary N) is 1. The van der Waals surface area contributed by atoms with E-state index in [1.165, 1.54) is 0 Å². The summed E-state index contributed by atoms with van der Waals surface area (Å²) in [6, 6.07) is 8.19. The van der Waals surface area contributed by atoms with Crippen LogP contribution in [0.15, 0.2) is 24.3 Å². The molecule has 0 aromatic heterocycles. The van der Waals surface area contributed by atoms with E-state index in [1.54, 1.807) is 0 Å². The highest BCUT2D eigenvalue weighted by molar-refractivity contribution is 5.32. The lowest BCUT2D eigenvalue weighted by Crippen LogP contribution is -2.52. The Morgan fingerprint density at radius 1 is 1.19 bits per heavy atom. The largest absolute Gasteiger partial charge is 0.491 e. The van der Waals surface area contributed by atoms with Crippen LogP contribution in [0.2, 0.25) is 0 Å². The smallest absolute Gasteiger partial charge is 0.120 e. The quantitative estimate of drug-likeness (QED) is 0.787. The fourth-order valence-corrected chi connectivity index (χ4v) is 3.00. The normalized spacial score (nSPS) is 16.0. The second-order valence-electron chi connectivity index (χ2n) is 6.10. The van der Waals surface area contributed by atoms with Gasteiger partial charge in [-0.15, -0.1) is 0 Å². The molecule has 2 N–H and O–H groups in total. The Morgan fingerprint density at radius 2 is 1.81 bits per heavy atom. The molecule has 0 aliphatic heterocycles. The van der Waals surface area contributed by atoms with Crippen LogP contribution in [-0.2, 0) is 0 Å².